The van der Waals surface area contributed by atoms with Crippen molar-refractivity contribution in [3.8, 4) is 0 Å². The van der Waals surface area contributed by atoms with Crippen LogP contribution in [0.15, 0.2) is 53.9 Å². The number of nitrogens with zero attached hydrogens (tertiary/aromatic N) is 3. The zero-order valence-corrected chi connectivity index (χ0v) is 18.0. The lowest BCUT2D eigenvalue weighted by Crippen LogP contribution is -2.22. The first-order chi connectivity index (χ1) is 15.4. The van der Waals surface area contributed by atoms with Gasteiger partial charge in [0.15, 0.2) is 5.13 Å². The topological polar surface area (TPSA) is 115 Å². The van der Waals surface area contributed by atoms with Gasteiger partial charge in [0.05, 0.1) is 21.9 Å². The fourth-order valence-electron chi connectivity index (χ4n) is 3.07. The zero-order valence-electron chi connectivity index (χ0n) is 17.2. The predicted octanol–water partition coefficient (Wildman–Crippen LogP) is 4.67. The molecule has 10 heteroatoms. The third-order valence-electron chi connectivity index (χ3n) is 4.78. The number of carbonyl (C=O) groups excluding carboxylic acids is 2. The number of rotatable bonds is 8. The van der Waals surface area contributed by atoms with Crippen LogP contribution in [-0.2, 0) is 16.1 Å². The predicted molar refractivity (Wildman–Crippen MR) is 120 cm³/mol. The molecule has 0 saturated heterocycles. The van der Waals surface area contributed by atoms with Crippen LogP contribution in [0.1, 0.15) is 35.8 Å². The van der Waals surface area contributed by atoms with Crippen molar-refractivity contribution in [2.45, 2.75) is 32.4 Å². The Morgan fingerprint density at radius 3 is 2.66 bits per heavy atom. The van der Waals surface area contributed by atoms with Gasteiger partial charge in [0.1, 0.15) is 12.3 Å². The minimum atomic E-state index is -0.688. The molecule has 0 radical (unpaired) electrons. The third kappa shape index (κ3) is 4.92. The molecule has 0 unspecified atom stereocenters. The van der Waals surface area contributed by atoms with Crippen molar-refractivity contribution < 1.29 is 19.2 Å². The number of hydrogen-bond acceptors (Lipinski definition) is 8. The van der Waals surface area contributed by atoms with Crippen LogP contribution in [0, 0.1) is 10.1 Å². The number of nitro benzene ring substituents is 1. The maximum absolute atomic E-state index is 12.5. The maximum atomic E-state index is 12.5. The third-order valence-corrected chi connectivity index (χ3v) is 5.65. The summed E-state index contributed by atoms with van der Waals surface area (Å²) in [5.41, 5.74) is 1.47. The molecule has 1 aliphatic carbocycles. The molecule has 4 rings (SSSR count). The molecular weight excluding hydrogens is 432 g/mol. The maximum Gasteiger partial charge on any atom is 0.338 e. The van der Waals surface area contributed by atoms with E-state index in [1.54, 1.807) is 17.5 Å². The summed E-state index contributed by atoms with van der Waals surface area (Å²) in [4.78, 5) is 41.3. The molecule has 3 aromatic rings. The molecule has 1 heterocycles. The van der Waals surface area contributed by atoms with Gasteiger partial charge in [-0.3, -0.25) is 19.8 Å². The van der Waals surface area contributed by atoms with Gasteiger partial charge in [-0.25, -0.2) is 9.78 Å². The summed E-state index contributed by atoms with van der Waals surface area (Å²) in [6, 6.07) is 13.6. The second-order valence-corrected chi connectivity index (χ2v) is 8.13. The van der Waals surface area contributed by atoms with E-state index in [2.05, 4.69) is 10.3 Å². The fraction of sp³-hybridized carbons (Fsp3) is 0.227. The molecule has 32 heavy (non-hydrogen) atoms. The number of hydrogen-bond donors (Lipinski definition) is 1. The summed E-state index contributed by atoms with van der Waals surface area (Å²) in [7, 11) is 0. The summed E-state index contributed by atoms with van der Waals surface area (Å²) in [6.45, 7) is 1.33. The first-order valence-corrected chi connectivity index (χ1v) is 10.8. The SMILES string of the molecule is CC(=O)N(c1ccccc1)c1nc(COC(=O)c2ccc(NC3CC3)c([N+](=O)[O-])c2)cs1. The number of ether oxygens (including phenoxy) is 1. The molecule has 2 aromatic carbocycles. The molecule has 9 nitrogen and oxygen atoms in total. The fourth-order valence-corrected chi connectivity index (χ4v) is 3.94. The lowest BCUT2D eigenvalue weighted by atomic mass is 10.1. The van der Waals surface area contributed by atoms with Crippen molar-refractivity contribution in [1.82, 2.24) is 4.98 Å². The largest absolute Gasteiger partial charge is 0.456 e. The average Bonchev–Trinajstić information content (AvgIpc) is 3.48. The molecule has 1 N–H and O–H groups in total. The van der Waals surface area contributed by atoms with Gasteiger partial charge in [-0.15, -0.1) is 11.3 Å². The first-order valence-electron chi connectivity index (χ1n) is 9.94. The van der Waals surface area contributed by atoms with Crippen molar-refractivity contribution in [1.29, 1.82) is 0 Å². The Kier molecular flexibility index (Phi) is 6.13. The lowest BCUT2D eigenvalue weighted by Gasteiger charge is -2.17. The van der Waals surface area contributed by atoms with Crippen LogP contribution in [0.2, 0.25) is 0 Å². The first kappa shape index (κ1) is 21.4. The molecule has 1 aromatic heterocycles. The van der Waals surface area contributed by atoms with Gasteiger partial charge in [0.2, 0.25) is 5.91 Å². The molecular formula is C22H20N4O5S. The van der Waals surface area contributed by atoms with E-state index in [4.69, 9.17) is 4.74 Å². The van der Waals surface area contributed by atoms with E-state index < -0.39 is 10.9 Å². The number of nitrogens with one attached hydrogen (secondary N) is 1. The smallest absolute Gasteiger partial charge is 0.338 e. The Morgan fingerprint density at radius 1 is 1.25 bits per heavy atom. The zero-order chi connectivity index (χ0) is 22.7. The van der Waals surface area contributed by atoms with Crippen molar-refractivity contribution in [3.63, 3.8) is 0 Å². The number of nitro groups is 1. The van der Waals surface area contributed by atoms with Crippen molar-refractivity contribution in [3.05, 3.63) is 75.3 Å². The van der Waals surface area contributed by atoms with Crippen LogP contribution in [0.25, 0.3) is 0 Å². The van der Waals surface area contributed by atoms with Gasteiger partial charge in [-0.1, -0.05) is 18.2 Å². The van der Waals surface area contributed by atoms with E-state index in [0.717, 1.165) is 12.8 Å². The monoisotopic (exact) mass is 452 g/mol. The van der Waals surface area contributed by atoms with E-state index >= 15 is 0 Å². The number of esters is 1. The van der Waals surface area contributed by atoms with Gasteiger partial charge in [0.25, 0.3) is 5.69 Å². The molecule has 1 fully saturated rings. The molecule has 0 spiro atoms. The molecule has 1 amide bonds. The minimum absolute atomic E-state index is 0.0862. The number of anilines is 3. The van der Waals surface area contributed by atoms with Gasteiger partial charge < -0.3 is 10.1 Å². The minimum Gasteiger partial charge on any atom is -0.456 e. The average molecular weight is 452 g/mol. The molecule has 0 aliphatic heterocycles. The van der Waals surface area contributed by atoms with Crippen LogP contribution in [-0.4, -0.2) is 27.8 Å². The molecule has 0 bridgehead atoms. The number of amides is 1. The second-order valence-electron chi connectivity index (χ2n) is 7.30. The van der Waals surface area contributed by atoms with Crippen LogP contribution >= 0.6 is 11.3 Å². The Morgan fingerprint density at radius 2 is 2.00 bits per heavy atom. The molecule has 164 valence electrons. The Balaban J connectivity index is 1.44. The number of benzene rings is 2. The standard InChI is InChI=1S/C22H20N4O5S/c1-14(27)25(18-5-3-2-4-6-18)22-24-17(13-32-22)12-31-21(28)15-7-10-19(23-16-8-9-16)20(11-15)26(29)30/h2-7,10-11,13,16,23H,8-9,12H2,1H3. The Bertz CT molecular complexity index is 1160. The van der Waals surface area contributed by atoms with Crippen LogP contribution in [0.3, 0.4) is 0 Å². The summed E-state index contributed by atoms with van der Waals surface area (Å²) in [5.74, 6) is -0.881. The highest BCUT2D eigenvalue weighted by atomic mass is 32.1. The Hall–Kier alpha value is -3.79. The van der Waals surface area contributed by atoms with Crippen molar-refractivity contribution >= 4 is 45.4 Å². The summed E-state index contributed by atoms with van der Waals surface area (Å²) in [6.07, 6.45) is 1.95. The van der Waals surface area contributed by atoms with E-state index in [1.807, 2.05) is 18.2 Å². The number of carbonyl (C=O) groups is 2. The van der Waals surface area contributed by atoms with E-state index in [0.29, 0.717) is 22.2 Å². The summed E-state index contributed by atoms with van der Waals surface area (Å²) in [5, 5.41) is 16.6. The molecule has 0 atom stereocenters. The second kappa shape index (κ2) is 9.15. The van der Waals surface area contributed by atoms with E-state index in [9.17, 15) is 19.7 Å². The highest BCUT2D eigenvalue weighted by Crippen LogP contribution is 2.32. The van der Waals surface area contributed by atoms with Crippen LogP contribution in [0.4, 0.5) is 22.2 Å². The number of thiazole rings is 1. The van der Waals surface area contributed by atoms with E-state index in [-0.39, 0.29) is 29.8 Å². The van der Waals surface area contributed by atoms with Gasteiger partial charge in [0, 0.05) is 24.4 Å². The summed E-state index contributed by atoms with van der Waals surface area (Å²) >= 11 is 1.25. The van der Waals surface area contributed by atoms with Crippen LogP contribution in [0.5, 0.6) is 0 Å². The van der Waals surface area contributed by atoms with Gasteiger partial charge in [-0.05, 0) is 37.1 Å². The van der Waals surface area contributed by atoms with Gasteiger partial charge in [-0.2, -0.15) is 0 Å². The summed E-state index contributed by atoms with van der Waals surface area (Å²) < 4.78 is 5.30. The highest BCUT2D eigenvalue weighted by molar-refractivity contribution is 7.14. The van der Waals surface area contributed by atoms with E-state index in [1.165, 1.54) is 41.4 Å². The van der Waals surface area contributed by atoms with Gasteiger partial charge >= 0.3 is 5.97 Å². The van der Waals surface area contributed by atoms with Crippen molar-refractivity contribution in [2.24, 2.45) is 0 Å². The quantitative estimate of drug-likeness (QED) is 0.300. The normalized spacial score (nSPS) is 12.8. The van der Waals surface area contributed by atoms with Crippen LogP contribution < -0.4 is 10.2 Å². The van der Waals surface area contributed by atoms with Crippen molar-refractivity contribution in [2.75, 3.05) is 10.2 Å². The number of para-hydroxylation sites is 1. The molecule has 1 aliphatic rings. The Labute approximate surface area is 187 Å². The lowest BCUT2D eigenvalue weighted by molar-refractivity contribution is -0.384. The number of aromatic nitrogens is 1. The molecule has 1 saturated carbocycles. The highest BCUT2D eigenvalue weighted by Gasteiger charge is 2.26.